The van der Waals surface area contributed by atoms with Crippen LogP contribution in [0.3, 0.4) is 0 Å². The lowest BCUT2D eigenvalue weighted by Gasteiger charge is -2.31. The highest BCUT2D eigenvalue weighted by atomic mass is 35.5. The van der Waals surface area contributed by atoms with Crippen molar-refractivity contribution in [3.05, 3.63) is 47.8 Å². The van der Waals surface area contributed by atoms with E-state index >= 15 is 0 Å². The van der Waals surface area contributed by atoms with Crippen molar-refractivity contribution in [2.24, 2.45) is 0 Å². The molecule has 0 radical (unpaired) electrons. The fourth-order valence-electron chi connectivity index (χ4n) is 3.45. The van der Waals surface area contributed by atoms with Gasteiger partial charge in [-0.05, 0) is 57.1 Å². The number of piperidine rings is 1. The molecule has 10 heteroatoms. The molecule has 2 N–H and O–H groups in total. The Morgan fingerprint density at radius 1 is 1.23 bits per heavy atom. The van der Waals surface area contributed by atoms with Gasteiger partial charge in [0.1, 0.15) is 0 Å². The lowest BCUT2D eigenvalue weighted by atomic mass is 10.1. The highest BCUT2D eigenvalue weighted by Gasteiger charge is 2.26. The lowest BCUT2D eigenvalue weighted by Crippen LogP contribution is -2.40. The maximum Gasteiger partial charge on any atom is 0.321 e. The van der Waals surface area contributed by atoms with E-state index in [0.717, 1.165) is 24.6 Å². The molecule has 2 aromatic rings. The number of rotatable bonds is 8. The zero-order valence-corrected chi connectivity index (χ0v) is 19.1. The zero-order chi connectivity index (χ0) is 22.2. The maximum atomic E-state index is 12.2. The van der Waals surface area contributed by atoms with E-state index < -0.39 is 11.9 Å². The number of nitrogens with zero attached hydrogens (tertiary/aromatic N) is 4. The third kappa shape index (κ3) is 6.32. The fraction of sp³-hybridized carbons (Fsp3) is 0.429. The van der Waals surface area contributed by atoms with Gasteiger partial charge >= 0.3 is 6.03 Å². The van der Waals surface area contributed by atoms with E-state index in [1.807, 2.05) is 28.8 Å². The molecule has 0 aliphatic carbocycles. The van der Waals surface area contributed by atoms with E-state index in [2.05, 4.69) is 39.2 Å². The summed E-state index contributed by atoms with van der Waals surface area (Å²) in [4.78, 5) is 26.2. The number of carbonyl (C=O) groups excluding carboxylic acids is 2. The monoisotopic (exact) mass is 462 g/mol. The highest BCUT2D eigenvalue weighted by Crippen LogP contribution is 2.29. The summed E-state index contributed by atoms with van der Waals surface area (Å²) >= 11 is 7.30. The number of carbonyl (C=O) groups is 2. The van der Waals surface area contributed by atoms with Crippen molar-refractivity contribution in [1.29, 1.82) is 0 Å². The summed E-state index contributed by atoms with van der Waals surface area (Å²) in [5.41, 5.74) is 0.875. The summed E-state index contributed by atoms with van der Waals surface area (Å²) in [6, 6.07) is 6.98. The zero-order valence-electron chi connectivity index (χ0n) is 17.5. The molecule has 3 rings (SSSR count). The van der Waals surface area contributed by atoms with Crippen molar-refractivity contribution in [2.75, 3.05) is 25.4 Å². The van der Waals surface area contributed by atoms with Crippen LogP contribution in [0.5, 0.6) is 0 Å². The molecule has 1 aromatic carbocycles. The first-order valence-electron chi connectivity index (χ1n) is 10.3. The normalized spacial score (nSPS) is 15.3. The van der Waals surface area contributed by atoms with Crippen LogP contribution in [0.2, 0.25) is 5.02 Å². The molecule has 1 saturated heterocycles. The number of nitrogens with one attached hydrogen (secondary N) is 2. The Labute approximate surface area is 191 Å². The standard InChI is InChI=1S/C21H27ClN6O2S/c1-3-11-23-20(30)24-18(29)14-31-21-26-25-19(15(2)27-12-5-4-6-13-27)28(21)17-9-7-16(22)8-10-17/h3,7-10,15H,1,4-6,11-14H2,2H3,(H2,23,24,29,30). The summed E-state index contributed by atoms with van der Waals surface area (Å²) < 4.78 is 1.96. The molecule has 1 aromatic heterocycles. The van der Waals surface area contributed by atoms with Gasteiger partial charge in [-0.25, -0.2) is 4.79 Å². The van der Waals surface area contributed by atoms with E-state index in [0.29, 0.717) is 10.2 Å². The van der Waals surface area contributed by atoms with Crippen molar-refractivity contribution in [1.82, 2.24) is 30.3 Å². The summed E-state index contributed by atoms with van der Waals surface area (Å²) in [5.74, 6) is 0.435. The molecule has 8 nitrogen and oxygen atoms in total. The van der Waals surface area contributed by atoms with Crippen molar-refractivity contribution in [2.45, 2.75) is 37.4 Å². The van der Waals surface area contributed by atoms with E-state index in [4.69, 9.17) is 11.6 Å². The number of imide groups is 1. The number of aromatic nitrogens is 3. The van der Waals surface area contributed by atoms with Gasteiger partial charge in [0.15, 0.2) is 11.0 Å². The topological polar surface area (TPSA) is 92.2 Å². The van der Waals surface area contributed by atoms with Gasteiger partial charge in [-0.2, -0.15) is 0 Å². The van der Waals surface area contributed by atoms with Crippen LogP contribution >= 0.6 is 23.4 Å². The predicted octanol–water partition coefficient (Wildman–Crippen LogP) is 3.57. The van der Waals surface area contributed by atoms with Gasteiger partial charge in [0, 0.05) is 17.3 Å². The highest BCUT2D eigenvalue weighted by molar-refractivity contribution is 7.99. The van der Waals surface area contributed by atoms with Gasteiger partial charge in [0.25, 0.3) is 0 Å². The minimum atomic E-state index is -0.552. The van der Waals surface area contributed by atoms with E-state index in [-0.39, 0.29) is 18.3 Å². The summed E-state index contributed by atoms with van der Waals surface area (Å²) in [5, 5.41) is 14.8. The smallest absolute Gasteiger partial charge is 0.321 e. The summed E-state index contributed by atoms with van der Waals surface area (Å²) in [6.07, 6.45) is 5.15. The molecule has 2 heterocycles. The molecule has 1 unspecified atom stereocenters. The third-order valence-corrected chi connectivity index (χ3v) is 6.23. The number of urea groups is 1. The Kier molecular flexibility index (Phi) is 8.51. The minimum absolute atomic E-state index is 0.0331. The largest absolute Gasteiger partial charge is 0.334 e. The third-order valence-electron chi connectivity index (χ3n) is 5.05. The quantitative estimate of drug-likeness (QED) is 0.460. The van der Waals surface area contributed by atoms with Gasteiger partial charge < -0.3 is 5.32 Å². The van der Waals surface area contributed by atoms with Crippen molar-refractivity contribution < 1.29 is 9.59 Å². The Balaban J connectivity index is 1.78. The van der Waals surface area contributed by atoms with Gasteiger partial charge in [0.05, 0.1) is 11.8 Å². The van der Waals surface area contributed by atoms with E-state index in [9.17, 15) is 9.59 Å². The van der Waals surface area contributed by atoms with Gasteiger partial charge in [-0.15, -0.1) is 16.8 Å². The van der Waals surface area contributed by atoms with Crippen LogP contribution in [0.1, 0.15) is 38.1 Å². The number of halogens is 1. The number of amides is 3. The van der Waals surface area contributed by atoms with E-state index in [1.54, 1.807) is 6.08 Å². The Morgan fingerprint density at radius 3 is 2.61 bits per heavy atom. The minimum Gasteiger partial charge on any atom is -0.334 e. The van der Waals surface area contributed by atoms with Crippen LogP contribution in [0.15, 0.2) is 42.1 Å². The second-order valence-electron chi connectivity index (χ2n) is 7.26. The van der Waals surface area contributed by atoms with Crippen LogP contribution < -0.4 is 10.6 Å². The average Bonchev–Trinajstić information content (AvgIpc) is 3.20. The summed E-state index contributed by atoms with van der Waals surface area (Å²) in [7, 11) is 0. The first kappa shape index (κ1) is 23.3. The fourth-order valence-corrected chi connectivity index (χ4v) is 4.33. The molecule has 1 aliphatic heterocycles. The molecule has 1 aliphatic rings. The molecule has 3 amide bonds. The van der Waals surface area contributed by atoms with Crippen molar-refractivity contribution in [3.8, 4) is 5.69 Å². The summed E-state index contributed by atoms with van der Waals surface area (Å²) in [6.45, 7) is 7.99. The van der Waals surface area contributed by atoms with Crippen LogP contribution in [0, 0.1) is 0 Å². The van der Waals surface area contributed by atoms with Crippen LogP contribution in [-0.4, -0.2) is 57.0 Å². The predicted molar refractivity (Wildman–Crippen MR) is 123 cm³/mol. The van der Waals surface area contributed by atoms with Crippen molar-refractivity contribution >= 4 is 35.3 Å². The molecule has 0 saturated carbocycles. The number of benzene rings is 1. The van der Waals surface area contributed by atoms with Crippen LogP contribution in [-0.2, 0) is 4.79 Å². The van der Waals surface area contributed by atoms with Crippen LogP contribution in [0.4, 0.5) is 4.79 Å². The van der Waals surface area contributed by atoms with Gasteiger partial charge in [-0.3, -0.25) is 19.6 Å². The Hall–Kier alpha value is -2.36. The first-order chi connectivity index (χ1) is 15.0. The molecule has 0 bridgehead atoms. The molecular formula is C21H27ClN6O2S. The van der Waals surface area contributed by atoms with Crippen molar-refractivity contribution in [3.63, 3.8) is 0 Å². The van der Waals surface area contributed by atoms with Gasteiger partial charge in [0.2, 0.25) is 5.91 Å². The first-order valence-corrected chi connectivity index (χ1v) is 11.6. The maximum absolute atomic E-state index is 12.2. The molecule has 1 fully saturated rings. The Morgan fingerprint density at radius 2 is 1.94 bits per heavy atom. The van der Waals surface area contributed by atoms with E-state index in [1.165, 1.54) is 31.0 Å². The average molecular weight is 463 g/mol. The molecule has 1 atom stereocenters. The lowest BCUT2D eigenvalue weighted by molar-refractivity contribution is -0.117. The number of hydrogen-bond donors (Lipinski definition) is 2. The number of likely N-dealkylation sites (tertiary alicyclic amines) is 1. The molecule has 0 spiro atoms. The molecule has 166 valence electrons. The molecule has 31 heavy (non-hydrogen) atoms. The number of hydrogen-bond acceptors (Lipinski definition) is 6. The number of thioether (sulfide) groups is 1. The SMILES string of the molecule is C=CCNC(=O)NC(=O)CSc1nnc(C(C)N2CCCCC2)n1-c1ccc(Cl)cc1. The second-order valence-corrected chi connectivity index (χ2v) is 8.64. The Bertz CT molecular complexity index is 911. The van der Waals surface area contributed by atoms with Crippen LogP contribution in [0.25, 0.3) is 5.69 Å². The second kappa shape index (κ2) is 11.3. The molecular weight excluding hydrogens is 436 g/mol. The van der Waals surface area contributed by atoms with Gasteiger partial charge in [-0.1, -0.05) is 35.9 Å².